The average molecular weight is 265 g/mol. The molecule has 2 heterocycles. The number of pyridine rings is 1. The van der Waals surface area contributed by atoms with E-state index in [2.05, 4.69) is 5.32 Å². The molecule has 1 amide bonds. The first-order chi connectivity index (χ1) is 9.04. The van der Waals surface area contributed by atoms with Gasteiger partial charge in [-0.25, -0.2) is 4.79 Å². The van der Waals surface area contributed by atoms with Gasteiger partial charge in [0.15, 0.2) is 0 Å². The number of rotatable bonds is 4. The molecule has 0 aliphatic carbocycles. The molecule has 2 N–H and O–H groups in total. The predicted molar refractivity (Wildman–Crippen MR) is 70.7 cm³/mol. The molecular formula is C12H15N3O4. The van der Waals surface area contributed by atoms with Crippen LogP contribution in [0.5, 0.6) is 0 Å². The lowest BCUT2D eigenvalue weighted by Crippen LogP contribution is -2.22. The van der Waals surface area contributed by atoms with E-state index in [0.717, 1.165) is 0 Å². The highest BCUT2D eigenvalue weighted by Crippen LogP contribution is 2.21. The predicted octanol–water partition coefficient (Wildman–Crippen LogP) is 1.08. The lowest BCUT2D eigenvalue weighted by Gasteiger charge is -2.06. The Balaban J connectivity index is 2.58. The van der Waals surface area contributed by atoms with Gasteiger partial charge in [0, 0.05) is 33.1 Å². The molecular weight excluding hydrogens is 250 g/mol. The van der Waals surface area contributed by atoms with E-state index in [0.29, 0.717) is 29.7 Å². The number of carbonyl (C=O) groups is 1. The van der Waals surface area contributed by atoms with Gasteiger partial charge in [-0.15, -0.1) is 0 Å². The number of nitrogens with one attached hydrogen (secondary N) is 1. The first-order valence-corrected chi connectivity index (χ1v) is 5.72. The summed E-state index contributed by atoms with van der Waals surface area (Å²) in [5, 5.41) is 11.4. The third kappa shape index (κ3) is 2.45. The quantitative estimate of drug-likeness (QED) is 0.866. The maximum atomic E-state index is 12.3. The van der Waals surface area contributed by atoms with Crippen LogP contribution in [0.2, 0.25) is 0 Å². The van der Waals surface area contributed by atoms with E-state index < -0.39 is 6.09 Å². The summed E-state index contributed by atoms with van der Waals surface area (Å²) in [6.45, 7) is 0.840. The Bertz CT molecular complexity index is 671. The van der Waals surface area contributed by atoms with Crippen molar-refractivity contribution in [2.75, 3.05) is 19.0 Å². The number of aromatic nitrogens is 2. The molecule has 0 spiro atoms. The first-order valence-electron chi connectivity index (χ1n) is 5.72. The molecule has 0 saturated heterocycles. The van der Waals surface area contributed by atoms with Crippen LogP contribution in [0.4, 0.5) is 10.5 Å². The SMILES string of the molecule is COCCn1ccc2c(c(NC(=O)O)cn2C)c1=O. The van der Waals surface area contributed by atoms with Gasteiger partial charge in [-0.05, 0) is 6.07 Å². The molecule has 0 fully saturated rings. The van der Waals surface area contributed by atoms with Gasteiger partial charge in [0.1, 0.15) is 0 Å². The molecule has 102 valence electrons. The summed E-state index contributed by atoms with van der Waals surface area (Å²) in [6, 6.07) is 1.78. The molecule has 0 saturated carbocycles. The number of amides is 1. The number of methoxy groups -OCH3 is 1. The zero-order valence-corrected chi connectivity index (χ0v) is 10.7. The monoisotopic (exact) mass is 265 g/mol. The molecule has 0 aromatic carbocycles. The lowest BCUT2D eigenvalue weighted by molar-refractivity contribution is 0.186. The summed E-state index contributed by atoms with van der Waals surface area (Å²) in [7, 11) is 3.32. The molecule has 0 radical (unpaired) electrons. The Morgan fingerprint density at radius 2 is 2.26 bits per heavy atom. The van der Waals surface area contributed by atoms with Crippen molar-refractivity contribution < 1.29 is 14.6 Å². The number of nitrogens with zero attached hydrogens (tertiary/aromatic N) is 2. The summed E-state index contributed by atoms with van der Waals surface area (Å²) in [4.78, 5) is 23.1. The Morgan fingerprint density at radius 1 is 1.53 bits per heavy atom. The third-order valence-corrected chi connectivity index (χ3v) is 2.89. The topological polar surface area (TPSA) is 85.5 Å². The van der Waals surface area contributed by atoms with E-state index in [1.165, 1.54) is 4.57 Å². The Hall–Kier alpha value is -2.28. The largest absolute Gasteiger partial charge is 0.465 e. The summed E-state index contributed by atoms with van der Waals surface area (Å²) in [6.07, 6.45) is 2.06. The van der Waals surface area contributed by atoms with Crippen molar-refractivity contribution in [2.45, 2.75) is 6.54 Å². The second-order valence-electron chi connectivity index (χ2n) is 4.15. The highest BCUT2D eigenvalue weighted by molar-refractivity contribution is 5.98. The molecule has 0 aliphatic rings. The lowest BCUT2D eigenvalue weighted by atomic mass is 10.3. The van der Waals surface area contributed by atoms with Gasteiger partial charge in [0.2, 0.25) is 0 Å². The van der Waals surface area contributed by atoms with E-state index in [1.807, 2.05) is 0 Å². The van der Waals surface area contributed by atoms with Gasteiger partial charge in [-0.2, -0.15) is 0 Å². The maximum absolute atomic E-state index is 12.3. The summed E-state index contributed by atoms with van der Waals surface area (Å²) < 4.78 is 8.15. The number of hydrogen-bond donors (Lipinski definition) is 2. The van der Waals surface area contributed by atoms with E-state index >= 15 is 0 Å². The summed E-state index contributed by atoms with van der Waals surface area (Å²) in [5.74, 6) is 0. The van der Waals surface area contributed by atoms with Crippen molar-refractivity contribution in [1.82, 2.24) is 9.13 Å². The van der Waals surface area contributed by atoms with Gasteiger partial charge >= 0.3 is 6.09 Å². The van der Waals surface area contributed by atoms with Gasteiger partial charge in [-0.3, -0.25) is 10.1 Å². The van der Waals surface area contributed by atoms with Crippen molar-refractivity contribution in [3.63, 3.8) is 0 Å². The smallest absolute Gasteiger partial charge is 0.409 e. The van der Waals surface area contributed by atoms with E-state index in [1.54, 1.807) is 37.2 Å². The van der Waals surface area contributed by atoms with Gasteiger partial charge in [-0.1, -0.05) is 0 Å². The highest BCUT2D eigenvalue weighted by Gasteiger charge is 2.13. The first kappa shape index (κ1) is 13.2. The van der Waals surface area contributed by atoms with Gasteiger partial charge < -0.3 is 19.0 Å². The fourth-order valence-corrected chi connectivity index (χ4v) is 2.02. The van der Waals surface area contributed by atoms with Crippen LogP contribution in [-0.2, 0) is 18.3 Å². The standard InChI is InChI=1S/C12H15N3O4/c1-14-7-8(13-12(17)18)10-9(14)3-4-15(11(10)16)5-6-19-2/h3-4,7,13H,5-6H2,1-2H3,(H,17,18). The van der Waals surface area contributed by atoms with Gasteiger partial charge in [0.05, 0.1) is 23.2 Å². The zero-order valence-electron chi connectivity index (χ0n) is 10.7. The van der Waals surface area contributed by atoms with E-state index in [9.17, 15) is 9.59 Å². The Labute approximate surface area is 109 Å². The van der Waals surface area contributed by atoms with Crippen LogP contribution in [0.1, 0.15) is 0 Å². The van der Waals surface area contributed by atoms with Crippen LogP contribution in [0, 0.1) is 0 Å². The van der Waals surface area contributed by atoms with Crippen molar-refractivity contribution in [3.8, 4) is 0 Å². The normalized spacial score (nSPS) is 10.8. The molecule has 0 atom stereocenters. The number of ether oxygens (including phenoxy) is 1. The fraction of sp³-hybridized carbons (Fsp3) is 0.333. The number of fused-ring (bicyclic) bond motifs is 1. The second-order valence-corrected chi connectivity index (χ2v) is 4.15. The molecule has 2 aromatic heterocycles. The molecule has 0 aliphatic heterocycles. The molecule has 2 aromatic rings. The van der Waals surface area contributed by atoms with Crippen LogP contribution in [-0.4, -0.2) is 34.1 Å². The average Bonchev–Trinajstić information content (AvgIpc) is 2.65. The van der Waals surface area contributed by atoms with E-state index in [4.69, 9.17) is 9.84 Å². The Kier molecular flexibility index (Phi) is 3.57. The molecule has 7 heteroatoms. The minimum Gasteiger partial charge on any atom is -0.465 e. The third-order valence-electron chi connectivity index (χ3n) is 2.89. The fourth-order valence-electron chi connectivity index (χ4n) is 2.02. The number of aryl methyl sites for hydroxylation is 1. The maximum Gasteiger partial charge on any atom is 0.409 e. The number of anilines is 1. The number of hydrogen-bond acceptors (Lipinski definition) is 3. The summed E-state index contributed by atoms with van der Waals surface area (Å²) in [5.41, 5.74) is 0.739. The van der Waals surface area contributed by atoms with Gasteiger partial charge in [0.25, 0.3) is 5.56 Å². The van der Waals surface area contributed by atoms with Crippen LogP contribution in [0.3, 0.4) is 0 Å². The second kappa shape index (κ2) is 5.15. The molecule has 2 rings (SSSR count). The zero-order chi connectivity index (χ0) is 14.0. The van der Waals surface area contributed by atoms with Crippen LogP contribution < -0.4 is 10.9 Å². The molecule has 0 unspecified atom stereocenters. The Morgan fingerprint density at radius 3 is 2.89 bits per heavy atom. The number of carboxylic acid groups (broad SMARTS) is 1. The minimum atomic E-state index is -1.20. The van der Waals surface area contributed by atoms with Crippen molar-refractivity contribution in [3.05, 3.63) is 28.8 Å². The van der Waals surface area contributed by atoms with Crippen molar-refractivity contribution in [2.24, 2.45) is 7.05 Å². The minimum absolute atomic E-state index is 0.237. The molecule has 19 heavy (non-hydrogen) atoms. The van der Waals surface area contributed by atoms with Crippen molar-refractivity contribution >= 4 is 22.7 Å². The van der Waals surface area contributed by atoms with Crippen LogP contribution >= 0.6 is 0 Å². The highest BCUT2D eigenvalue weighted by atomic mass is 16.5. The summed E-state index contributed by atoms with van der Waals surface area (Å²) >= 11 is 0. The van der Waals surface area contributed by atoms with Crippen LogP contribution in [0.15, 0.2) is 23.3 Å². The van der Waals surface area contributed by atoms with E-state index in [-0.39, 0.29) is 5.56 Å². The molecule has 0 bridgehead atoms. The van der Waals surface area contributed by atoms with Crippen molar-refractivity contribution in [1.29, 1.82) is 0 Å². The molecule has 7 nitrogen and oxygen atoms in total. The van der Waals surface area contributed by atoms with Crippen LogP contribution in [0.25, 0.3) is 10.9 Å².